The number of benzene rings is 2. The Labute approximate surface area is 157 Å². The van der Waals surface area contributed by atoms with Crippen molar-refractivity contribution in [3.63, 3.8) is 0 Å². The Morgan fingerprint density at radius 3 is 2.52 bits per heavy atom. The lowest BCUT2D eigenvalue weighted by molar-refractivity contribution is -0.0328. The highest BCUT2D eigenvalue weighted by Gasteiger charge is 2.29. The average molecular weight is 406 g/mol. The molecule has 0 heterocycles. The second kappa shape index (κ2) is 8.25. The fourth-order valence-electron chi connectivity index (χ4n) is 1.93. The normalized spacial score (nSPS) is 12.3. The molecule has 0 unspecified atom stereocenters. The summed E-state index contributed by atoms with van der Waals surface area (Å²) in [6, 6.07) is 11.6. The van der Waals surface area contributed by atoms with Crippen molar-refractivity contribution in [2.45, 2.75) is 15.3 Å². The van der Waals surface area contributed by atoms with E-state index in [0.29, 0.717) is 0 Å². The standard InChI is InChI=1S/C16H15ClF3N3S2/c1-23(10-4-3-5-11(8-10)24-2)15(21)22-14-9-12(6-7-13(14)17)25-16(18,19)20/h3-9H,1-2H3,(H2,21,22). The van der Waals surface area contributed by atoms with Crippen LogP contribution in [0.3, 0.4) is 0 Å². The highest BCUT2D eigenvalue weighted by molar-refractivity contribution is 8.00. The van der Waals surface area contributed by atoms with E-state index in [1.165, 1.54) is 18.2 Å². The summed E-state index contributed by atoms with van der Waals surface area (Å²) < 4.78 is 37.5. The third-order valence-corrected chi connectivity index (χ3v) is 4.94. The number of hydrogen-bond acceptors (Lipinski definition) is 3. The van der Waals surface area contributed by atoms with E-state index in [9.17, 15) is 13.2 Å². The van der Waals surface area contributed by atoms with Crippen molar-refractivity contribution >= 4 is 52.5 Å². The molecule has 2 rings (SSSR count). The second-order valence-electron chi connectivity index (χ2n) is 4.89. The van der Waals surface area contributed by atoms with Crippen LogP contribution >= 0.6 is 35.1 Å². The van der Waals surface area contributed by atoms with Crippen LogP contribution in [0.2, 0.25) is 5.02 Å². The minimum atomic E-state index is -4.38. The predicted octanol–water partition coefficient (Wildman–Crippen LogP) is 5.76. The van der Waals surface area contributed by atoms with Crippen LogP contribution < -0.4 is 10.6 Å². The van der Waals surface area contributed by atoms with Crippen molar-refractivity contribution in [1.29, 1.82) is 0 Å². The first-order chi connectivity index (χ1) is 11.7. The van der Waals surface area contributed by atoms with Crippen molar-refractivity contribution in [3.05, 3.63) is 47.5 Å². The van der Waals surface area contributed by atoms with Gasteiger partial charge in [0, 0.05) is 22.5 Å². The van der Waals surface area contributed by atoms with Gasteiger partial charge in [0.25, 0.3) is 0 Å². The molecule has 2 aromatic carbocycles. The van der Waals surface area contributed by atoms with Gasteiger partial charge < -0.3 is 10.6 Å². The van der Waals surface area contributed by atoms with Crippen molar-refractivity contribution in [1.82, 2.24) is 0 Å². The molecular formula is C16H15ClF3N3S2. The van der Waals surface area contributed by atoms with E-state index in [0.717, 1.165) is 10.6 Å². The van der Waals surface area contributed by atoms with Crippen LogP contribution in [-0.2, 0) is 0 Å². The summed E-state index contributed by atoms with van der Waals surface area (Å²) >= 11 is 7.40. The molecule has 0 aliphatic heterocycles. The van der Waals surface area contributed by atoms with Gasteiger partial charge in [-0.2, -0.15) is 13.2 Å². The van der Waals surface area contributed by atoms with E-state index in [1.807, 2.05) is 30.5 Å². The maximum atomic E-state index is 12.5. The summed E-state index contributed by atoms with van der Waals surface area (Å²) in [6.07, 6.45) is 1.96. The lowest BCUT2D eigenvalue weighted by atomic mass is 10.3. The van der Waals surface area contributed by atoms with E-state index >= 15 is 0 Å². The van der Waals surface area contributed by atoms with Gasteiger partial charge in [0.15, 0.2) is 0 Å². The highest BCUT2D eigenvalue weighted by atomic mass is 35.5. The minimum Gasteiger partial charge on any atom is -0.369 e. The maximum Gasteiger partial charge on any atom is 0.446 e. The van der Waals surface area contributed by atoms with Crippen LogP contribution in [0.5, 0.6) is 0 Å². The first-order valence-electron chi connectivity index (χ1n) is 6.97. The molecule has 0 saturated heterocycles. The molecule has 2 aromatic rings. The van der Waals surface area contributed by atoms with Crippen LogP contribution in [0.15, 0.2) is 57.2 Å². The largest absolute Gasteiger partial charge is 0.446 e. The third kappa shape index (κ3) is 5.76. The van der Waals surface area contributed by atoms with E-state index in [2.05, 4.69) is 4.99 Å². The van der Waals surface area contributed by atoms with E-state index in [1.54, 1.807) is 23.7 Å². The Morgan fingerprint density at radius 1 is 1.16 bits per heavy atom. The number of alkyl halides is 3. The zero-order chi connectivity index (χ0) is 18.6. The quantitative estimate of drug-likeness (QED) is 0.399. The predicted molar refractivity (Wildman–Crippen MR) is 101 cm³/mol. The molecule has 0 saturated carbocycles. The van der Waals surface area contributed by atoms with E-state index in [-0.39, 0.29) is 33.3 Å². The van der Waals surface area contributed by atoms with Crippen LogP contribution in [0.25, 0.3) is 0 Å². The maximum absolute atomic E-state index is 12.5. The molecule has 0 bridgehead atoms. The zero-order valence-electron chi connectivity index (χ0n) is 13.3. The van der Waals surface area contributed by atoms with Crippen LogP contribution in [-0.4, -0.2) is 24.8 Å². The Kier molecular flexibility index (Phi) is 6.53. The number of rotatable bonds is 4. The molecule has 0 aromatic heterocycles. The number of nitrogens with zero attached hydrogens (tertiary/aromatic N) is 2. The van der Waals surface area contributed by atoms with Crippen LogP contribution in [0, 0.1) is 0 Å². The van der Waals surface area contributed by atoms with Gasteiger partial charge in [0.05, 0.1) is 10.7 Å². The zero-order valence-corrected chi connectivity index (χ0v) is 15.7. The summed E-state index contributed by atoms with van der Waals surface area (Å²) in [4.78, 5) is 6.87. The molecular weight excluding hydrogens is 391 g/mol. The van der Waals surface area contributed by atoms with Gasteiger partial charge >= 0.3 is 5.51 Å². The van der Waals surface area contributed by atoms with E-state index < -0.39 is 5.51 Å². The monoisotopic (exact) mass is 405 g/mol. The molecule has 2 N–H and O–H groups in total. The summed E-state index contributed by atoms with van der Waals surface area (Å²) in [5.41, 5.74) is 2.61. The second-order valence-corrected chi connectivity index (χ2v) is 7.32. The fourth-order valence-corrected chi connectivity index (χ4v) is 3.11. The summed E-state index contributed by atoms with van der Waals surface area (Å²) in [7, 11) is 1.72. The van der Waals surface area contributed by atoms with E-state index in [4.69, 9.17) is 17.3 Å². The number of thioether (sulfide) groups is 2. The number of aliphatic imine (C=N–C) groups is 1. The smallest absolute Gasteiger partial charge is 0.369 e. The molecule has 0 aliphatic rings. The number of halogens is 4. The van der Waals surface area contributed by atoms with Crippen molar-refractivity contribution in [2.75, 3.05) is 18.2 Å². The fraction of sp³-hybridized carbons (Fsp3) is 0.188. The topological polar surface area (TPSA) is 41.6 Å². The van der Waals surface area contributed by atoms with Gasteiger partial charge in [0.2, 0.25) is 5.96 Å². The van der Waals surface area contributed by atoms with Gasteiger partial charge in [-0.3, -0.25) is 0 Å². The molecule has 25 heavy (non-hydrogen) atoms. The molecule has 0 spiro atoms. The summed E-state index contributed by atoms with van der Waals surface area (Å²) in [6.45, 7) is 0. The van der Waals surface area contributed by atoms with Crippen molar-refractivity contribution in [3.8, 4) is 0 Å². The third-order valence-electron chi connectivity index (χ3n) is 3.17. The average Bonchev–Trinajstić information content (AvgIpc) is 2.55. The van der Waals surface area contributed by atoms with Gasteiger partial charge in [-0.25, -0.2) is 4.99 Å². The number of nitrogens with two attached hydrogens (primary N) is 1. The summed E-state index contributed by atoms with van der Waals surface area (Å²) in [5.74, 6) is 0.120. The first-order valence-corrected chi connectivity index (χ1v) is 9.39. The SMILES string of the molecule is CSc1cccc(N(C)C(N)=Nc2cc(SC(F)(F)F)ccc2Cl)c1. The van der Waals surface area contributed by atoms with Crippen LogP contribution in [0.1, 0.15) is 0 Å². The molecule has 0 aliphatic carbocycles. The molecule has 0 atom stereocenters. The van der Waals surface area contributed by atoms with Gasteiger partial charge in [-0.1, -0.05) is 17.7 Å². The number of guanidine groups is 1. The Balaban J connectivity index is 2.30. The van der Waals surface area contributed by atoms with Crippen LogP contribution in [0.4, 0.5) is 24.5 Å². The number of hydrogen-bond donors (Lipinski definition) is 1. The molecule has 0 radical (unpaired) electrons. The Morgan fingerprint density at radius 2 is 1.88 bits per heavy atom. The Bertz CT molecular complexity index is 781. The van der Waals surface area contributed by atoms with Gasteiger partial charge in [-0.05, 0) is 54.4 Å². The highest BCUT2D eigenvalue weighted by Crippen LogP contribution is 2.39. The first kappa shape index (κ1) is 19.8. The van der Waals surface area contributed by atoms with Crippen molar-refractivity contribution in [2.24, 2.45) is 10.7 Å². The lowest BCUT2D eigenvalue weighted by Crippen LogP contribution is -2.33. The molecule has 134 valence electrons. The number of anilines is 1. The molecule has 0 amide bonds. The summed E-state index contributed by atoms with van der Waals surface area (Å²) in [5, 5.41) is 0.223. The minimum absolute atomic E-state index is 0.00418. The Hall–Kier alpha value is -1.51. The lowest BCUT2D eigenvalue weighted by Gasteiger charge is -2.19. The van der Waals surface area contributed by atoms with Crippen molar-refractivity contribution < 1.29 is 13.2 Å². The molecule has 3 nitrogen and oxygen atoms in total. The molecule has 9 heteroatoms. The molecule has 0 fully saturated rings. The van der Waals surface area contributed by atoms with Gasteiger partial charge in [-0.15, -0.1) is 11.8 Å². The van der Waals surface area contributed by atoms with Gasteiger partial charge in [0.1, 0.15) is 0 Å².